The highest BCUT2D eigenvalue weighted by atomic mass is 127. The van der Waals surface area contributed by atoms with E-state index in [1.807, 2.05) is 0 Å². The van der Waals surface area contributed by atoms with E-state index in [4.69, 9.17) is 15.3 Å². The molecule has 1 rings (SSSR count). The zero-order valence-corrected chi connectivity index (χ0v) is 23.5. The highest BCUT2D eigenvalue weighted by Crippen LogP contribution is 2.32. The summed E-state index contributed by atoms with van der Waals surface area (Å²) in [5.41, 5.74) is -0.0765. The van der Waals surface area contributed by atoms with Crippen molar-refractivity contribution >= 4 is 85.5 Å². The van der Waals surface area contributed by atoms with Gasteiger partial charge in [-0.2, -0.15) is 0 Å². The molecule has 0 aromatic heterocycles. The van der Waals surface area contributed by atoms with Crippen LogP contribution in [0.15, 0.2) is 0 Å². The first kappa shape index (κ1) is 30.6. The zero-order chi connectivity index (χ0) is 25.3. The first-order chi connectivity index (χ1) is 15.5. The van der Waals surface area contributed by atoms with Crippen LogP contribution in [-0.4, -0.2) is 106 Å². The van der Waals surface area contributed by atoms with Gasteiger partial charge < -0.3 is 46.6 Å². The van der Waals surface area contributed by atoms with Crippen LogP contribution in [0.3, 0.4) is 0 Å². The molecule has 0 heterocycles. The minimum Gasteiger partial charge on any atom is -0.394 e. The Labute approximate surface area is 229 Å². The van der Waals surface area contributed by atoms with Crippen LogP contribution in [0.5, 0.6) is 0 Å². The average molecular weight is 807 g/mol. The van der Waals surface area contributed by atoms with Crippen molar-refractivity contribution < 1.29 is 45.0 Å². The molecule has 0 saturated carbocycles. The van der Waals surface area contributed by atoms with Gasteiger partial charge in [-0.3, -0.25) is 14.4 Å². The summed E-state index contributed by atoms with van der Waals surface area (Å²) in [6.07, 6.45) is -3.63. The summed E-state index contributed by atoms with van der Waals surface area (Å²) in [6, 6.07) is 0. The number of hydrogen-bond donors (Lipinski definition) is 9. The molecule has 0 aliphatic rings. The Hall–Kier alpha value is -0.420. The van der Waals surface area contributed by atoms with Gasteiger partial charge in [-0.15, -0.1) is 0 Å². The van der Waals surface area contributed by atoms with Crippen molar-refractivity contribution in [3.8, 4) is 0 Å². The van der Waals surface area contributed by atoms with Crippen LogP contribution in [-0.2, 0) is 0 Å². The molecule has 9 N–H and O–H groups in total. The van der Waals surface area contributed by atoms with E-state index in [9.17, 15) is 29.7 Å². The maximum Gasteiger partial charge on any atom is 0.253 e. The van der Waals surface area contributed by atoms with Crippen LogP contribution >= 0.6 is 67.8 Å². The zero-order valence-electron chi connectivity index (χ0n) is 17.0. The van der Waals surface area contributed by atoms with E-state index in [-0.39, 0.29) is 47.0 Å². The number of benzene rings is 1. The number of nitrogens with one attached hydrogen (secondary N) is 3. The molecule has 3 amide bonds. The van der Waals surface area contributed by atoms with Gasteiger partial charge in [0.25, 0.3) is 17.7 Å². The molecule has 0 aliphatic carbocycles. The van der Waals surface area contributed by atoms with Gasteiger partial charge in [0, 0.05) is 30.3 Å². The largest absolute Gasteiger partial charge is 0.394 e. The molecule has 1 aromatic carbocycles. The van der Waals surface area contributed by atoms with Crippen LogP contribution in [0.4, 0.5) is 0 Å². The Morgan fingerprint density at radius 2 is 0.788 bits per heavy atom. The Kier molecular flexibility index (Phi) is 13.8. The van der Waals surface area contributed by atoms with Crippen molar-refractivity contribution in [3.63, 3.8) is 0 Å². The van der Waals surface area contributed by atoms with E-state index in [0.717, 1.165) is 0 Å². The van der Waals surface area contributed by atoms with Crippen LogP contribution in [0.2, 0.25) is 0 Å². The summed E-state index contributed by atoms with van der Waals surface area (Å²) in [7, 11) is 0. The maximum atomic E-state index is 12.9. The van der Waals surface area contributed by atoms with Crippen molar-refractivity contribution in [2.75, 3.05) is 39.5 Å². The van der Waals surface area contributed by atoms with Crippen molar-refractivity contribution in [1.29, 1.82) is 0 Å². The normalized spacial score (nSPS) is 13.7. The Morgan fingerprint density at radius 1 is 0.576 bits per heavy atom. The Balaban J connectivity index is 3.52. The first-order valence-corrected chi connectivity index (χ1v) is 12.6. The van der Waals surface area contributed by atoms with Gasteiger partial charge >= 0.3 is 0 Å². The molecule has 186 valence electrons. The minimum atomic E-state index is -1.21. The number of hydrogen-bond acceptors (Lipinski definition) is 9. The van der Waals surface area contributed by atoms with Gasteiger partial charge in [0.05, 0.1) is 54.8 Å². The second kappa shape index (κ2) is 14.9. The highest BCUT2D eigenvalue weighted by Gasteiger charge is 2.30. The third-order valence-corrected chi connectivity index (χ3v) is 7.36. The number of rotatable bonds is 12. The number of amides is 3. The molecule has 12 nitrogen and oxygen atoms in total. The summed E-state index contributed by atoms with van der Waals surface area (Å²) >= 11 is 5.32. The summed E-state index contributed by atoms with van der Waals surface area (Å²) < 4.78 is 0.584. The SMILES string of the molecule is O=C(NCC(O)CO)c1c(I)c(C(=O)NCC(O)CO)c(I)c(C(=O)NCC(O)CO)c1I. The van der Waals surface area contributed by atoms with Crippen molar-refractivity contribution in [2.45, 2.75) is 18.3 Å². The molecule has 3 atom stereocenters. The molecule has 15 heteroatoms. The number of halogens is 3. The monoisotopic (exact) mass is 807 g/mol. The summed E-state index contributed by atoms with van der Waals surface area (Å²) in [5.74, 6) is -2.12. The number of aliphatic hydroxyl groups is 6. The molecule has 0 aliphatic heterocycles. The lowest BCUT2D eigenvalue weighted by Gasteiger charge is -2.20. The maximum absolute atomic E-state index is 12.9. The third-order valence-electron chi connectivity index (χ3n) is 4.13. The summed E-state index contributed by atoms with van der Waals surface area (Å²) in [6.45, 7) is -2.57. The van der Waals surface area contributed by atoms with Crippen molar-refractivity contribution in [2.24, 2.45) is 0 Å². The van der Waals surface area contributed by atoms with E-state index in [1.54, 1.807) is 67.8 Å². The smallest absolute Gasteiger partial charge is 0.253 e. The van der Waals surface area contributed by atoms with Crippen molar-refractivity contribution in [3.05, 3.63) is 27.4 Å². The van der Waals surface area contributed by atoms with Crippen LogP contribution in [0.1, 0.15) is 31.1 Å². The lowest BCUT2D eigenvalue weighted by Crippen LogP contribution is -2.39. The topological polar surface area (TPSA) is 209 Å². The molecular weight excluding hydrogens is 783 g/mol. The van der Waals surface area contributed by atoms with Gasteiger partial charge in [0.2, 0.25) is 0 Å². The minimum absolute atomic E-state index is 0.0255. The first-order valence-electron chi connectivity index (χ1n) is 9.41. The van der Waals surface area contributed by atoms with Gasteiger partial charge in [-0.25, -0.2) is 0 Å². The molecule has 0 fully saturated rings. The Bertz CT molecular complexity index is 742. The Morgan fingerprint density at radius 3 is 0.970 bits per heavy atom. The molecule has 33 heavy (non-hydrogen) atoms. The molecule has 0 spiro atoms. The van der Waals surface area contributed by atoms with Crippen LogP contribution < -0.4 is 16.0 Å². The van der Waals surface area contributed by atoms with Gasteiger partial charge in [-0.05, 0) is 67.8 Å². The van der Waals surface area contributed by atoms with E-state index >= 15 is 0 Å². The predicted octanol–water partition coefficient (Wildman–Crippen LogP) is -2.25. The van der Waals surface area contributed by atoms with E-state index in [2.05, 4.69) is 16.0 Å². The fourth-order valence-corrected chi connectivity index (χ4v) is 6.99. The van der Waals surface area contributed by atoms with E-state index in [0.29, 0.717) is 0 Å². The fraction of sp³-hybridized carbons (Fsp3) is 0.500. The molecular formula is C18H24I3N3O9. The van der Waals surface area contributed by atoms with Crippen molar-refractivity contribution in [1.82, 2.24) is 16.0 Å². The second-order valence-corrected chi connectivity index (χ2v) is 9.94. The molecule has 3 unspecified atom stereocenters. The molecule has 0 saturated heterocycles. The van der Waals surface area contributed by atoms with Gasteiger partial charge in [0.1, 0.15) is 0 Å². The lowest BCUT2D eigenvalue weighted by molar-refractivity contribution is 0.0795. The van der Waals surface area contributed by atoms with E-state index in [1.165, 1.54) is 0 Å². The number of carbonyl (C=O) groups is 3. The highest BCUT2D eigenvalue weighted by molar-refractivity contribution is 14.1. The number of aliphatic hydroxyl groups excluding tert-OH is 6. The van der Waals surface area contributed by atoms with E-state index < -0.39 is 55.9 Å². The van der Waals surface area contributed by atoms with Gasteiger partial charge in [0.15, 0.2) is 0 Å². The number of carbonyl (C=O) groups excluding carboxylic acids is 3. The third kappa shape index (κ3) is 8.63. The average Bonchev–Trinajstić information content (AvgIpc) is 2.78. The van der Waals surface area contributed by atoms with Crippen LogP contribution in [0.25, 0.3) is 0 Å². The summed E-state index contributed by atoms with van der Waals surface area (Å²) in [4.78, 5) is 38.6. The standard InChI is InChI=1S/C18H24I3N3O9/c19-13-10(16(31)22-1-7(28)4-25)14(20)12(18(33)24-3-9(30)6-27)15(21)11(13)17(32)23-2-8(29)5-26/h7-9,25-30H,1-6H2,(H,22,31)(H,23,32)(H,24,33). The summed E-state index contributed by atoms with van der Waals surface area (Å²) in [5, 5.41) is 62.7. The lowest BCUT2D eigenvalue weighted by atomic mass is 10.0. The van der Waals surface area contributed by atoms with Gasteiger partial charge in [-0.1, -0.05) is 0 Å². The molecule has 1 aromatic rings. The fourth-order valence-electron chi connectivity index (χ4n) is 2.35. The second-order valence-electron chi connectivity index (χ2n) is 6.71. The predicted molar refractivity (Wildman–Crippen MR) is 141 cm³/mol. The van der Waals surface area contributed by atoms with Crippen LogP contribution in [0, 0.1) is 10.7 Å². The molecule has 0 bridgehead atoms. The quantitative estimate of drug-likeness (QED) is 0.105. The molecule has 0 radical (unpaired) electrons.